The second-order valence-electron chi connectivity index (χ2n) is 8.88. The number of hydrogen-bond donors (Lipinski definition) is 0. The van der Waals surface area contributed by atoms with Crippen LogP contribution in [0.15, 0.2) is 0 Å². The Morgan fingerprint density at radius 1 is 0.875 bits per heavy atom. The molecule has 0 amide bonds. The molecule has 0 aromatic heterocycles. The lowest BCUT2D eigenvalue weighted by Crippen LogP contribution is -2.37. The summed E-state index contributed by atoms with van der Waals surface area (Å²) in [5, 5.41) is 0. The molecule has 0 aromatic carbocycles. The van der Waals surface area contributed by atoms with Gasteiger partial charge in [0, 0.05) is 12.8 Å². The van der Waals surface area contributed by atoms with Crippen molar-refractivity contribution >= 4 is 0 Å². The molecule has 0 aromatic rings. The molecule has 24 heavy (non-hydrogen) atoms. The minimum Gasteiger partial charge on any atom is -0.348 e. The van der Waals surface area contributed by atoms with E-state index < -0.39 is 0 Å². The molecule has 1 spiro atoms. The molecule has 1 atom stereocenters. The van der Waals surface area contributed by atoms with Gasteiger partial charge in [-0.05, 0) is 55.8 Å². The van der Waals surface area contributed by atoms with E-state index in [0.29, 0.717) is 0 Å². The van der Waals surface area contributed by atoms with Crippen LogP contribution in [0.3, 0.4) is 0 Å². The topological polar surface area (TPSA) is 18.5 Å². The highest BCUT2D eigenvalue weighted by atomic mass is 16.7. The van der Waals surface area contributed by atoms with Gasteiger partial charge in [0.25, 0.3) is 0 Å². The van der Waals surface area contributed by atoms with Gasteiger partial charge in [-0.3, -0.25) is 0 Å². The summed E-state index contributed by atoms with van der Waals surface area (Å²) in [4.78, 5) is 0. The van der Waals surface area contributed by atoms with Crippen molar-refractivity contribution in [2.45, 2.75) is 103 Å². The second-order valence-corrected chi connectivity index (χ2v) is 8.88. The highest BCUT2D eigenvalue weighted by Gasteiger charge is 2.42. The van der Waals surface area contributed by atoms with E-state index in [9.17, 15) is 0 Å². The van der Waals surface area contributed by atoms with Crippen molar-refractivity contribution in [1.29, 1.82) is 0 Å². The van der Waals surface area contributed by atoms with Crippen molar-refractivity contribution in [2.75, 3.05) is 13.2 Å². The molecule has 1 unspecified atom stereocenters. The van der Waals surface area contributed by atoms with E-state index in [1.54, 1.807) is 0 Å². The van der Waals surface area contributed by atoms with Crippen molar-refractivity contribution in [3.63, 3.8) is 0 Å². The molecule has 3 rings (SSSR count). The molecule has 2 saturated carbocycles. The molecule has 2 aliphatic carbocycles. The average molecular weight is 337 g/mol. The first kappa shape index (κ1) is 18.7. The molecule has 140 valence electrons. The van der Waals surface area contributed by atoms with Crippen molar-refractivity contribution in [1.82, 2.24) is 0 Å². The summed E-state index contributed by atoms with van der Waals surface area (Å²) in [7, 11) is 0. The van der Waals surface area contributed by atoms with Crippen LogP contribution in [-0.4, -0.2) is 19.0 Å². The second kappa shape index (κ2) is 9.03. The summed E-state index contributed by atoms with van der Waals surface area (Å²) < 4.78 is 11.8. The van der Waals surface area contributed by atoms with Gasteiger partial charge >= 0.3 is 0 Å². The third-order valence-corrected chi connectivity index (χ3v) is 7.37. The molecule has 1 heterocycles. The highest BCUT2D eigenvalue weighted by Crippen LogP contribution is 2.45. The van der Waals surface area contributed by atoms with E-state index in [0.717, 1.165) is 49.7 Å². The summed E-state index contributed by atoms with van der Waals surface area (Å²) in [6.07, 6.45) is 18.1. The molecule has 3 fully saturated rings. The predicted octanol–water partition coefficient (Wildman–Crippen LogP) is 6.33. The maximum Gasteiger partial charge on any atom is 0.168 e. The Balaban J connectivity index is 1.37. The number of rotatable bonds is 7. The van der Waals surface area contributed by atoms with Crippen molar-refractivity contribution in [3.8, 4) is 0 Å². The van der Waals surface area contributed by atoms with Crippen LogP contribution in [0.4, 0.5) is 0 Å². The molecule has 1 aliphatic heterocycles. The van der Waals surface area contributed by atoms with Crippen molar-refractivity contribution < 1.29 is 9.47 Å². The summed E-state index contributed by atoms with van der Waals surface area (Å²) in [6, 6.07) is 0. The summed E-state index contributed by atoms with van der Waals surface area (Å²) in [6.45, 7) is 6.35. The normalized spacial score (nSPS) is 32.2. The van der Waals surface area contributed by atoms with Gasteiger partial charge in [-0.15, -0.1) is 0 Å². The van der Waals surface area contributed by atoms with Gasteiger partial charge in [-0.1, -0.05) is 52.4 Å². The van der Waals surface area contributed by atoms with Crippen LogP contribution in [0.25, 0.3) is 0 Å². The van der Waals surface area contributed by atoms with E-state index in [-0.39, 0.29) is 5.79 Å². The minimum atomic E-state index is -0.165. The number of ether oxygens (including phenoxy) is 2. The van der Waals surface area contributed by atoms with E-state index in [1.165, 1.54) is 70.6 Å². The van der Waals surface area contributed by atoms with Crippen LogP contribution < -0.4 is 0 Å². The van der Waals surface area contributed by atoms with Gasteiger partial charge in [-0.25, -0.2) is 0 Å². The van der Waals surface area contributed by atoms with Crippen LogP contribution in [-0.2, 0) is 9.47 Å². The molecule has 2 nitrogen and oxygen atoms in total. The lowest BCUT2D eigenvalue weighted by atomic mass is 9.68. The zero-order valence-electron chi connectivity index (χ0n) is 16.2. The Hall–Kier alpha value is -0.0800. The Kier molecular flexibility index (Phi) is 7.04. The van der Waals surface area contributed by atoms with Crippen LogP contribution in [0.2, 0.25) is 0 Å². The quantitative estimate of drug-likeness (QED) is 0.540. The minimum absolute atomic E-state index is 0.165. The van der Waals surface area contributed by atoms with Crippen LogP contribution in [0.1, 0.15) is 97.3 Å². The molecule has 0 bridgehead atoms. The van der Waals surface area contributed by atoms with E-state index in [2.05, 4.69) is 13.8 Å². The molecule has 1 saturated heterocycles. The Labute approximate surface area is 150 Å². The van der Waals surface area contributed by atoms with Crippen molar-refractivity contribution in [2.24, 2.45) is 23.7 Å². The summed E-state index contributed by atoms with van der Waals surface area (Å²) >= 11 is 0. The van der Waals surface area contributed by atoms with Gasteiger partial charge in [0.15, 0.2) is 5.79 Å². The number of hydrogen-bond acceptors (Lipinski definition) is 2. The zero-order valence-corrected chi connectivity index (χ0v) is 16.2. The van der Waals surface area contributed by atoms with Gasteiger partial charge in [0.2, 0.25) is 0 Å². The fourth-order valence-electron chi connectivity index (χ4n) is 5.69. The highest BCUT2D eigenvalue weighted by molar-refractivity contribution is 4.87. The van der Waals surface area contributed by atoms with Crippen molar-refractivity contribution in [3.05, 3.63) is 0 Å². The van der Waals surface area contributed by atoms with Gasteiger partial charge in [0.05, 0.1) is 13.2 Å². The zero-order chi connectivity index (χ0) is 16.8. The largest absolute Gasteiger partial charge is 0.348 e. The van der Waals surface area contributed by atoms with Crippen LogP contribution >= 0.6 is 0 Å². The standard InChI is InChI=1S/C22H40O2/c1-3-5-6-18(4-2)17-19-7-9-20(10-8-19)21-11-13-22(14-12-21)23-15-16-24-22/h18-21H,3-17H2,1-2H3. The Morgan fingerprint density at radius 3 is 2.08 bits per heavy atom. The van der Waals surface area contributed by atoms with Crippen LogP contribution in [0, 0.1) is 23.7 Å². The van der Waals surface area contributed by atoms with E-state index in [4.69, 9.17) is 9.47 Å². The lowest BCUT2D eigenvalue weighted by molar-refractivity contribution is -0.185. The molecular formula is C22H40O2. The molecule has 3 aliphatic rings. The fraction of sp³-hybridized carbons (Fsp3) is 1.00. The molecule has 0 N–H and O–H groups in total. The Morgan fingerprint density at radius 2 is 1.50 bits per heavy atom. The smallest absolute Gasteiger partial charge is 0.168 e. The maximum absolute atomic E-state index is 5.90. The monoisotopic (exact) mass is 336 g/mol. The maximum atomic E-state index is 5.90. The van der Waals surface area contributed by atoms with Gasteiger partial charge in [-0.2, -0.15) is 0 Å². The molecular weight excluding hydrogens is 296 g/mol. The summed E-state index contributed by atoms with van der Waals surface area (Å²) in [5.74, 6) is 3.81. The van der Waals surface area contributed by atoms with E-state index >= 15 is 0 Å². The number of unbranched alkanes of at least 4 members (excludes halogenated alkanes) is 1. The first-order valence-electron chi connectivity index (χ1n) is 11.0. The first-order valence-corrected chi connectivity index (χ1v) is 11.0. The van der Waals surface area contributed by atoms with Gasteiger partial charge in [0.1, 0.15) is 0 Å². The molecule has 2 heteroatoms. The SMILES string of the molecule is CCCCC(CC)CC1CCC(C2CCC3(CC2)OCCO3)CC1. The third-order valence-electron chi connectivity index (χ3n) is 7.37. The Bertz CT molecular complexity index is 343. The fourth-order valence-corrected chi connectivity index (χ4v) is 5.69. The third kappa shape index (κ3) is 4.75. The first-order chi connectivity index (χ1) is 11.7. The van der Waals surface area contributed by atoms with Crippen LogP contribution in [0.5, 0.6) is 0 Å². The van der Waals surface area contributed by atoms with Gasteiger partial charge < -0.3 is 9.47 Å². The molecule has 0 radical (unpaired) electrons. The lowest BCUT2D eigenvalue weighted by Gasteiger charge is -2.41. The average Bonchev–Trinajstić information content (AvgIpc) is 3.08. The predicted molar refractivity (Wildman–Crippen MR) is 100.0 cm³/mol. The summed E-state index contributed by atoms with van der Waals surface area (Å²) in [5.41, 5.74) is 0. The van der Waals surface area contributed by atoms with E-state index in [1.807, 2.05) is 0 Å².